The molecule has 31 heavy (non-hydrogen) atoms. The first kappa shape index (κ1) is 19.9. The van der Waals surface area contributed by atoms with Crippen LogP contribution in [-0.4, -0.2) is 31.1 Å². The lowest BCUT2D eigenvalue weighted by Crippen LogP contribution is -2.40. The van der Waals surface area contributed by atoms with Gasteiger partial charge in [0, 0.05) is 37.6 Å². The first-order chi connectivity index (χ1) is 15.1. The zero-order chi connectivity index (χ0) is 21.3. The lowest BCUT2D eigenvalue weighted by molar-refractivity contribution is 0.265. The maximum atomic E-state index is 2.74. The summed E-state index contributed by atoms with van der Waals surface area (Å²) in [6.45, 7) is 15.1. The first-order valence-corrected chi connectivity index (χ1v) is 13.1. The number of allylic oxidation sites excluding steroid dienone is 3. The molecule has 0 aromatic heterocycles. The number of nitrogens with zero attached hydrogens (tertiary/aromatic N) is 2. The Balaban J connectivity index is 1.43. The fourth-order valence-electron chi connectivity index (χ4n) is 8.00. The summed E-state index contributed by atoms with van der Waals surface area (Å²) in [4.78, 5) is 5.45. The Morgan fingerprint density at radius 2 is 1.32 bits per heavy atom. The summed E-state index contributed by atoms with van der Waals surface area (Å²) in [5.74, 6) is 1.39. The molecule has 4 heterocycles. The second-order valence-electron chi connectivity index (χ2n) is 11.1. The fourth-order valence-corrected chi connectivity index (χ4v) is 8.00. The van der Waals surface area contributed by atoms with Gasteiger partial charge in [0.25, 0.3) is 0 Å². The third kappa shape index (κ3) is 2.89. The Kier molecular flexibility index (Phi) is 4.78. The molecule has 1 aromatic carbocycles. The minimum absolute atomic E-state index is 0.692. The Labute approximate surface area is 189 Å². The van der Waals surface area contributed by atoms with Gasteiger partial charge in [0.1, 0.15) is 0 Å². The highest BCUT2D eigenvalue weighted by Crippen LogP contribution is 2.49. The van der Waals surface area contributed by atoms with Gasteiger partial charge in [-0.1, -0.05) is 12.5 Å². The van der Waals surface area contributed by atoms with Gasteiger partial charge in [-0.15, -0.1) is 0 Å². The van der Waals surface area contributed by atoms with Crippen LogP contribution in [0.4, 0.5) is 5.69 Å². The van der Waals surface area contributed by atoms with Crippen molar-refractivity contribution < 1.29 is 0 Å². The average molecular weight is 417 g/mol. The van der Waals surface area contributed by atoms with Crippen molar-refractivity contribution in [3.63, 3.8) is 0 Å². The number of rotatable bonds is 2. The van der Waals surface area contributed by atoms with Crippen LogP contribution < -0.4 is 4.90 Å². The van der Waals surface area contributed by atoms with Crippen LogP contribution in [0.2, 0.25) is 0 Å². The monoisotopic (exact) mass is 416 g/mol. The summed E-state index contributed by atoms with van der Waals surface area (Å²) in [5, 5.41) is 0. The Morgan fingerprint density at radius 1 is 0.742 bits per heavy atom. The van der Waals surface area contributed by atoms with Gasteiger partial charge in [0.05, 0.1) is 0 Å². The van der Waals surface area contributed by atoms with E-state index in [-0.39, 0.29) is 0 Å². The average Bonchev–Trinajstić information content (AvgIpc) is 2.80. The molecule has 1 aliphatic carbocycles. The molecule has 2 unspecified atom stereocenters. The van der Waals surface area contributed by atoms with Crippen molar-refractivity contribution in [2.24, 2.45) is 11.8 Å². The van der Waals surface area contributed by atoms with Crippen molar-refractivity contribution in [1.29, 1.82) is 0 Å². The third-order valence-electron chi connectivity index (χ3n) is 9.65. The van der Waals surface area contributed by atoms with Gasteiger partial charge in [0.2, 0.25) is 0 Å². The summed E-state index contributed by atoms with van der Waals surface area (Å²) < 4.78 is 0. The topological polar surface area (TPSA) is 6.48 Å². The molecule has 0 N–H and O–H groups in total. The minimum atomic E-state index is 0.692. The molecule has 4 aliphatic heterocycles. The first-order valence-electron chi connectivity index (χ1n) is 13.1. The molecule has 1 aromatic rings. The highest BCUT2D eigenvalue weighted by atomic mass is 15.2. The smallest absolute Gasteiger partial charge is 0.0436 e. The third-order valence-corrected chi connectivity index (χ3v) is 9.65. The fraction of sp³-hybridized carbons (Fsp3) is 0.655. The summed E-state index contributed by atoms with van der Waals surface area (Å²) >= 11 is 0. The molecule has 166 valence electrons. The normalized spacial score (nSPS) is 27.5. The zero-order valence-corrected chi connectivity index (χ0v) is 20.2. The molecule has 0 saturated carbocycles. The molecule has 6 rings (SSSR count). The molecule has 5 aliphatic rings. The van der Waals surface area contributed by atoms with Gasteiger partial charge >= 0.3 is 0 Å². The minimum Gasteiger partial charge on any atom is -0.371 e. The van der Waals surface area contributed by atoms with E-state index in [1.165, 1.54) is 84.0 Å². The van der Waals surface area contributed by atoms with Crippen molar-refractivity contribution in [2.75, 3.05) is 31.1 Å². The maximum Gasteiger partial charge on any atom is 0.0436 e. The lowest BCUT2D eigenvalue weighted by atomic mass is 9.67. The second-order valence-corrected chi connectivity index (χ2v) is 11.1. The summed E-state index contributed by atoms with van der Waals surface area (Å²) in [6, 6.07) is 0. The van der Waals surface area contributed by atoms with Crippen LogP contribution in [0.15, 0.2) is 22.4 Å². The Morgan fingerprint density at radius 3 is 2.00 bits per heavy atom. The van der Waals surface area contributed by atoms with E-state index in [2.05, 4.69) is 37.5 Å². The number of benzene rings is 1. The number of hydrogen-bond donors (Lipinski definition) is 0. The molecule has 0 radical (unpaired) electrons. The van der Waals surface area contributed by atoms with E-state index in [0.29, 0.717) is 11.8 Å². The summed E-state index contributed by atoms with van der Waals surface area (Å²) in [6.07, 6.45) is 11.9. The van der Waals surface area contributed by atoms with Crippen molar-refractivity contribution in [3.05, 3.63) is 50.2 Å². The lowest BCUT2D eigenvalue weighted by Gasteiger charge is -2.47. The molecule has 0 bridgehead atoms. The highest BCUT2D eigenvalue weighted by molar-refractivity contribution is 5.69. The number of hydrogen-bond acceptors (Lipinski definition) is 2. The van der Waals surface area contributed by atoms with Crippen LogP contribution >= 0.6 is 0 Å². The molecule has 2 nitrogen and oxygen atoms in total. The van der Waals surface area contributed by atoms with Crippen LogP contribution in [0, 0.1) is 25.7 Å². The Hall–Kier alpha value is -1.70. The van der Waals surface area contributed by atoms with E-state index in [1.54, 1.807) is 55.9 Å². The van der Waals surface area contributed by atoms with E-state index >= 15 is 0 Å². The van der Waals surface area contributed by atoms with E-state index < -0.39 is 0 Å². The molecule has 0 spiro atoms. The molecule has 1 saturated heterocycles. The van der Waals surface area contributed by atoms with Gasteiger partial charge in [-0.05, 0) is 129 Å². The molecular formula is C29H40N2. The summed E-state index contributed by atoms with van der Waals surface area (Å²) in [7, 11) is 0. The molecule has 0 amide bonds. The number of piperidine rings is 1. The largest absolute Gasteiger partial charge is 0.371 e. The Bertz CT molecular complexity index is 957. The predicted octanol–water partition coefficient (Wildman–Crippen LogP) is 6.27. The van der Waals surface area contributed by atoms with Gasteiger partial charge < -0.3 is 9.80 Å². The van der Waals surface area contributed by atoms with Crippen molar-refractivity contribution in [3.8, 4) is 0 Å². The zero-order valence-electron chi connectivity index (χ0n) is 20.2. The van der Waals surface area contributed by atoms with E-state index in [4.69, 9.17) is 0 Å². The van der Waals surface area contributed by atoms with Crippen LogP contribution in [-0.2, 0) is 19.3 Å². The van der Waals surface area contributed by atoms with Crippen LogP contribution in [0.25, 0.3) is 0 Å². The van der Waals surface area contributed by atoms with Crippen LogP contribution in [0.3, 0.4) is 0 Å². The predicted molar refractivity (Wildman–Crippen MR) is 131 cm³/mol. The maximum absolute atomic E-state index is 2.74. The van der Waals surface area contributed by atoms with Crippen molar-refractivity contribution >= 4 is 5.69 Å². The van der Waals surface area contributed by atoms with Gasteiger partial charge in [-0.2, -0.15) is 0 Å². The quantitative estimate of drug-likeness (QED) is 0.560. The van der Waals surface area contributed by atoms with Gasteiger partial charge in [-0.3, -0.25) is 0 Å². The molecular weight excluding hydrogens is 376 g/mol. The van der Waals surface area contributed by atoms with Crippen LogP contribution in [0.1, 0.15) is 80.2 Å². The molecule has 2 heteroatoms. The van der Waals surface area contributed by atoms with E-state index in [1.807, 2.05) is 0 Å². The van der Waals surface area contributed by atoms with Gasteiger partial charge in [0.15, 0.2) is 0 Å². The summed E-state index contributed by atoms with van der Waals surface area (Å²) in [5.41, 5.74) is 17.0. The molecule has 2 atom stereocenters. The standard InChI is InChI=1S/C29H40N2/c1-18-22-9-5-13-30-14-6-10-23(28(22)30)19(2)26(18)17-27-20(3)24-11-7-15-31-16-8-12-25(21(27)4)29(24)31/h18,26H,5-17H2,1-4H3. The second kappa shape index (κ2) is 7.42. The molecule has 1 fully saturated rings. The number of anilines is 1. The van der Waals surface area contributed by atoms with E-state index in [9.17, 15) is 0 Å². The van der Waals surface area contributed by atoms with Crippen molar-refractivity contribution in [1.82, 2.24) is 4.90 Å². The van der Waals surface area contributed by atoms with Crippen LogP contribution in [0.5, 0.6) is 0 Å². The van der Waals surface area contributed by atoms with Crippen molar-refractivity contribution in [2.45, 2.75) is 85.5 Å². The van der Waals surface area contributed by atoms with E-state index in [0.717, 1.165) is 0 Å². The highest BCUT2D eigenvalue weighted by Gasteiger charge is 2.39. The SMILES string of the molecule is CC1=C2CCCN3CCCC(=C23)C(C)C1Cc1c(C)c2c3c(c1C)CCCN3CCC2. The van der Waals surface area contributed by atoms with Gasteiger partial charge in [-0.25, -0.2) is 0 Å².